The number of carboxylic acids is 1. The molecular weight excluding hydrogens is 624 g/mol. The van der Waals surface area contributed by atoms with Gasteiger partial charge in [-0.2, -0.15) is 0 Å². The van der Waals surface area contributed by atoms with Crippen molar-refractivity contribution in [2.24, 2.45) is 0 Å². The molecule has 0 fully saturated rings. The number of rotatable bonds is 21. The molecule has 0 spiro atoms. The van der Waals surface area contributed by atoms with E-state index in [9.17, 15) is 19.5 Å². The zero-order valence-electron chi connectivity index (χ0n) is 28.2. The van der Waals surface area contributed by atoms with Crippen molar-refractivity contribution in [2.45, 2.75) is 45.6 Å². The second-order valence-corrected chi connectivity index (χ2v) is 11.6. The lowest BCUT2D eigenvalue weighted by atomic mass is 9.95. The van der Waals surface area contributed by atoms with Gasteiger partial charge < -0.3 is 35.3 Å². The summed E-state index contributed by atoms with van der Waals surface area (Å²) < 4.78 is 17.1. The average Bonchev–Trinajstić information content (AvgIpc) is 3.10. The maximum atomic E-state index is 12.7. The number of aromatic nitrogens is 1. The summed E-state index contributed by atoms with van der Waals surface area (Å²) in [5.74, 6) is -0.281. The van der Waals surface area contributed by atoms with Crippen LogP contribution < -0.4 is 20.7 Å². The number of nitrogens with one attached hydrogen (secondary N) is 3. The Balaban J connectivity index is 1.30. The predicted molar refractivity (Wildman–Crippen MR) is 190 cm³/mol. The van der Waals surface area contributed by atoms with Crippen molar-refractivity contribution in [1.82, 2.24) is 15.6 Å². The molecule has 4 rings (SSSR count). The van der Waals surface area contributed by atoms with Gasteiger partial charge in [0.25, 0.3) is 0 Å². The fourth-order valence-corrected chi connectivity index (χ4v) is 5.26. The lowest BCUT2D eigenvalue weighted by Crippen LogP contribution is -2.39. The van der Waals surface area contributed by atoms with Crippen molar-refractivity contribution in [2.75, 3.05) is 51.4 Å². The SMILES string of the molecule is CCCOCCOCCOc1ccc(-c2ccc(C(CC(=O)O)NC(=O)CNC(=O)CCCNc3cc(C)ccn3)cc2)c2ccccc12. The number of hydrogen-bond donors (Lipinski definition) is 4. The van der Waals surface area contributed by atoms with E-state index in [-0.39, 0.29) is 25.3 Å². The van der Waals surface area contributed by atoms with Crippen LogP contribution in [0.15, 0.2) is 79.0 Å². The van der Waals surface area contributed by atoms with Crippen LogP contribution in [0, 0.1) is 6.92 Å². The van der Waals surface area contributed by atoms with Gasteiger partial charge in [-0.3, -0.25) is 14.4 Å². The monoisotopic (exact) mass is 670 g/mol. The van der Waals surface area contributed by atoms with Gasteiger partial charge in [-0.1, -0.05) is 61.5 Å². The molecule has 0 aliphatic rings. The van der Waals surface area contributed by atoms with E-state index in [4.69, 9.17) is 14.2 Å². The van der Waals surface area contributed by atoms with E-state index in [0.29, 0.717) is 45.0 Å². The van der Waals surface area contributed by atoms with Crippen LogP contribution in [0.1, 0.15) is 49.8 Å². The van der Waals surface area contributed by atoms with Gasteiger partial charge in [-0.15, -0.1) is 0 Å². The molecule has 1 aromatic heterocycles. The van der Waals surface area contributed by atoms with Crippen LogP contribution in [0.4, 0.5) is 5.82 Å². The minimum absolute atomic E-state index is 0.233. The van der Waals surface area contributed by atoms with Gasteiger partial charge in [0.2, 0.25) is 11.8 Å². The van der Waals surface area contributed by atoms with Gasteiger partial charge in [0.15, 0.2) is 0 Å². The molecule has 3 aromatic carbocycles. The number of benzene rings is 3. The van der Waals surface area contributed by atoms with Gasteiger partial charge in [0, 0.05) is 31.2 Å². The lowest BCUT2D eigenvalue weighted by Gasteiger charge is -2.19. The van der Waals surface area contributed by atoms with E-state index in [2.05, 4.69) is 27.9 Å². The number of carboxylic acid groups (broad SMARTS) is 1. The number of amides is 2. The molecule has 0 aliphatic carbocycles. The highest BCUT2D eigenvalue weighted by atomic mass is 16.5. The van der Waals surface area contributed by atoms with Crippen molar-refractivity contribution >= 4 is 34.4 Å². The second kappa shape index (κ2) is 19.7. The summed E-state index contributed by atoms with van der Waals surface area (Å²) in [5, 5.41) is 20.1. The van der Waals surface area contributed by atoms with E-state index in [1.54, 1.807) is 6.20 Å². The number of aryl methyl sites for hydroxylation is 1. The van der Waals surface area contributed by atoms with Crippen LogP contribution in [0.3, 0.4) is 0 Å². The zero-order valence-corrected chi connectivity index (χ0v) is 28.2. The number of carbonyl (C=O) groups is 3. The average molecular weight is 671 g/mol. The van der Waals surface area contributed by atoms with Gasteiger partial charge in [0.1, 0.15) is 18.2 Å². The topological polar surface area (TPSA) is 148 Å². The molecule has 0 bridgehead atoms. The molecule has 1 atom stereocenters. The molecule has 0 aliphatic heterocycles. The first-order valence-corrected chi connectivity index (χ1v) is 16.7. The van der Waals surface area contributed by atoms with Gasteiger partial charge in [-0.05, 0) is 65.6 Å². The molecule has 2 amide bonds. The molecule has 0 saturated carbocycles. The number of nitrogens with zero attached hydrogens (tertiary/aromatic N) is 1. The summed E-state index contributed by atoms with van der Waals surface area (Å²) >= 11 is 0. The number of aliphatic carboxylic acids is 1. The van der Waals surface area contributed by atoms with E-state index in [0.717, 1.165) is 52.1 Å². The summed E-state index contributed by atoms with van der Waals surface area (Å²) in [6, 6.07) is 22.4. The molecule has 0 radical (unpaired) electrons. The summed E-state index contributed by atoms with van der Waals surface area (Å²) in [4.78, 5) is 40.9. The molecular formula is C38H46N4O7. The first-order valence-electron chi connectivity index (χ1n) is 16.7. The predicted octanol–water partition coefficient (Wildman–Crippen LogP) is 5.67. The molecule has 11 heteroatoms. The molecule has 0 saturated heterocycles. The van der Waals surface area contributed by atoms with Gasteiger partial charge >= 0.3 is 5.97 Å². The third kappa shape index (κ3) is 12.2. The van der Waals surface area contributed by atoms with E-state index >= 15 is 0 Å². The Morgan fingerprint density at radius 3 is 2.33 bits per heavy atom. The summed E-state index contributed by atoms with van der Waals surface area (Å²) in [6.07, 6.45) is 3.19. The Kier molecular flexibility index (Phi) is 14.8. The minimum Gasteiger partial charge on any atom is -0.491 e. The molecule has 260 valence electrons. The second-order valence-electron chi connectivity index (χ2n) is 11.6. The third-order valence-corrected chi connectivity index (χ3v) is 7.68. The molecule has 4 aromatic rings. The Bertz CT molecular complexity index is 1660. The van der Waals surface area contributed by atoms with Crippen LogP contribution in [-0.2, 0) is 23.9 Å². The number of ether oxygens (including phenoxy) is 3. The van der Waals surface area contributed by atoms with E-state index in [1.807, 2.05) is 79.7 Å². The number of hydrogen-bond acceptors (Lipinski definition) is 8. The summed E-state index contributed by atoms with van der Waals surface area (Å²) in [6.45, 7) is 7.05. The molecule has 11 nitrogen and oxygen atoms in total. The molecule has 49 heavy (non-hydrogen) atoms. The van der Waals surface area contributed by atoms with Gasteiger partial charge in [0.05, 0.1) is 38.8 Å². The van der Waals surface area contributed by atoms with E-state index < -0.39 is 17.9 Å². The third-order valence-electron chi connectivity index (χ3n) is 7.68. The number of anilines is 1. The number of carbonyl (C=O) groups excluding carboxylic acids is 2. The highest BCUT2D eigenvalue weighted by Crippen LogP contribution is 2.35. The maximum Gasteiger partial charge on any atom is 0.305 e. The molecule has 4 N–H and O–H groups in total. The zero-order chi connectivity index (χ0) is 34.8. The highest BCUT2D eigenvalue weighted by molar-refractivity contribution is 6.00. The normalized spacial score (nSPS) is 11.6. The maximum absolute atomic E-state index is 12.7. The minimum atomic E-state index is -1.05. The van der Waals surface area contributed by atoms with Crippen molar-refractivity contribution in [3.63, 3.8) is 0 Å². The quantitative estimate of drug-likeness (QED) is 0.0823. The first kappa shape index (κ1) is 36.8. The largest absolute Gasteiger partial charge is 0.491 e. The van der Waals surface area contributed by atoms with Gasteiger partial charge in [-0.25, -0.2) is 4.98 Å². The van der Waals surface area contributed by atoms with Crippen LogP contribution in [-0.4, -0.2) is 74.0 Å². The smallest absolute Gasteiger partial charge is 0.305 e. The van der Waals surface area contributed by atoms with Crippen LogP contribution >= 0.6 is 0 Å². The van der Waals surface area contributed by atoms with Crippen molar-refractivity contribution in [3.8, 4) is 16.9 Å². The Morgan fingerprint density at radius 1 is 0.857 bits per heavy atom. The fraction of sp³-hybridized carbons (Fsp3) is 0.368. The van der Waals surface area contributed by atoms with Crippen molar-refractivity contribution in [3.05, 3.63) is 90.1 Å². The summed E-state index contributed by atoms with van der Waals surface area (Å²) in [5.41, 5.74) is 3.66. The highest BCUT2D eigenvalue weighted by Gasteiger charge is 2.19. The number of pyridine rings is 1. The van der Waals surface area contributed by atoms with Crippen LogP contribution in [0.5, 0.6) is 5.75 Å². The van der Waals surface area contributed by atoms with Crippen LogP contribution in [0.25, 0.3) is 21.9 Å². The van der Waals surface area contributed by atoms with Crippen molar-refractivity contribution in [1.29, 1.82) is 0 Å². The first-order chi connectivity index (χ1) is 23.8. The Labute approximate surface area is 287 Å². The standard InChI is InChI=1S/C38H46N4O7/c1-3-19-47-20-21-48-22-23-49-34-15-14-30(31-7-4-5-8-32(31)34)28-10-12-29(13-11-28)33(25-38(45)46)42-37(44)26-41-36(43)9-6-17-39-35-24-27(2)16-18-40-35/h4-5,7-8,10-16,18,24,33H,3,6,9,17,19-23,25-26H2,1-2H3,(H,39,40)(H,41,43)(H,42,44)(H,45,46). The fourth-order valence-electron chi connectivity index (χ4n) is 5.26. The Morgan fingerprint density at radius 2 is 1.59 bits per heavy atom. The Hall–Kier alpha value is -5.00. The van der Waals surface area contributed by atoms with Crippen molar-refractivity contribution < 1.29 is 33.7 Å². The summed E-state index contributed by atoms with van der Waals surface area (Å²) in [7, 11) is 0. The van der Waals surface area contributed by atoms with Crippen LogP contribution in [0.2, 0.25) is 0 Å². The lowest BCUT2D eigenvalue weighted by molar-refractivity contribution is -0.138. The number of fused-ring (bicyclic) bond motifs is 1. The molecule has 1 heterocycles. The molecule has 1 unspecified atom stereocenters. The van der Waals surface area contributed by atoms with E-state index in [1.165, 1.54) is 0 Å².